The molecule has 4 rings (SSSR count). The smallest absolute Gasteiger partial charge is 0.317 e. The number of amides is 3. The molecule has 2 aliphatic rings. The van der Waals surface area contributed by atoms with E-state index in [9.17, 15) is 18.4 Å². The zero-order chi connectivity index (χ0) is 20.4. The summed E-state index contributed by atoms with van der Waals surface area (Å²) in [6.07, 6.45) is 0.221. The van der Waals surface area contributed by atoms with Gasteiger partial charge in [-0.15, -0.1) is 0 Å². The summed E-state index contributed by atoms with van der Waals surface area (Å²) in [6.45, 7) is 2.78. The number of carbonyl (C=O) groups excluding carboxylic acids is 2. The molecule has 1 atom stereocenters. The predicted molar refractivity (Wildman–Crippen MR) is 106 cm³/mol. The lowest BCUT2D eigenvalue weighted by atomic mass is 10.2. The summed E-state index contributed by atoms with van der Waals surface area (Å²) >= 11 is 0. The molecule has 6 nitrogen and oxygen atoms in total. The van der Waals surface area contributed by atoms with E-state index in [0.717, 1.165) is 5.69 Å². The van der Waals surface area contributed by atoms with Gasteiger partial charge in [-0.05, 0) is 48.5 Å². The van der Waals surface area contributed by atoms with Crippen molar-refractivity contribution in [2.45, 2.75) is 12.5 Å². The zero-order valence-corrected chi connectivity index (χ0v) is 15.9. The van der Waals surface area contributed by atoms with Crippen LogP contribution in [0.4, 0.5) is 25.0 Å². The zero-order valence-electron chi connectivity index (χ0n) is 15.9. The van der Waals surface area contributed by atoms with E-state index in [0.29, 0.717) is 38.4 Å². The van der Waals surface area contributed by atoms with E-state index in [4.69, 9.17) is 0 Å². The second-order valence-corrected chi connectivity index (χ2v) is 7.28. The Kier molecular flexibility index (Phi) is 5.33. The summed E-state index contributed by atoms with van der Waals surface area (Å²) in [5.74, 6) is -0.722. The number of carbonyl (C=O) groups is 2. The molecule has 0 aromatic heterocycles. The van der Waals surface area contributed by atoms with Crippen LogP contribution in [-0.4, -0.2) is 55.6 Å². The Hall–Kier alpha value is -3.16. The number of rotatable bonds is 3. The van der Waals surface area contributed by atoms with E-state index in [1.54, 1.807) is 34.1 Å². The average Bonchev–Trinajstić information content (AvgIpc) is 3.09. The monoisotopic (exact) mass is 400 g/mol. The van der Waals surface area contributed by atoms with Crippen molar-refractivity contribution in [3.8, 4) is 0 Å². The second-order valence-electron chi connectivity index (χ2n) is 7.28. The first-order valence-corrected chi connectivity index (χ1v) is 9.61. The second kappa shape index (κ2) is 8.06. The van der Waals surface area contributed by atoms with Gasteiger partial charge in [-0.3, -0.25) is 4.79 Å². The van der Waals surface area contributed by atoms with Gasteiger partial charge in [-0.1, -0.05) is 0 Å². The highest BCUT2D eigenvalue weighted by Gasteiger charge is 2.33. The van der Waals surface area contributed by atoms with E-state index >= 15 is 0 Å². The Bertz CT molecular complexity index is 881. The van der Waals surface area contributed by atoms with Crippen LogP contribution in [0.2, 0.25) is 0 Å². The normalized spacial score (nSPS) is 19.6. The first-order valence-electron chi connectivity index (χ1n) is 9.61. The molecule has 0 unspecified atom stereocenters. The lowest BCUT2D eigenvalue weighted by Crippen LogP contribution is -2.53. The van der Waals surface area contributed by atoms with Crippen LogP contribution >= 0.6 is 0 Å². The molecular weight excluding hydrogens is 378 g/mol. The highest BCUT2D eigenvalue weighted by atomic mass is 19.1. The lowest BCUT2D eigenvalue weighted by Gasteiger charge is -2.36. The fraction of sp³-hybridized carbons (Fsp3) is 0.333. The van der Waals surface area contributed by atoms with E-state index < -0.39 is 0 Å². The molecule has 29 heavy (non-hydrogen) atoms. The van der Waals surface area contributed by atoms with Crippen LogP contribution in [0.15, 0.2) is 48.5 Å². The molecule has 2 fully saturated rings. The molecule has 2 aromatic carbocycles. The minimum Gasteiger partial charge on any atom is -0.368 e. The van der Waals surface area contributed by atoms with Crippen LogP contribution < -0.4 is 15.1 Å². The predicted octanol–water partition coefficient (Wildman–Crippen LogP) is 2.60. The molecule has 0 aliphatic carbocycles. The van der Waals surface area contributed by atoms with Crippen LogP contribution in [0.25, 0.3) is 0 Å². The van der Waals surface area contributed by atoms with Crippen molar-refractivity contribution in [3.63, 3.8) is 0 Å². The van der Waals surface area contributed by atoms with Gasteiger partial charge in [-0.25, -0.2) is 13.6 Å². The van der Waals surface area contributed by atoms with E-state index in [2.05, 4.69) is 10.2 Å². The van der Waals surface area contributed by atoms with Gasteiger partial charge in [0.05, 0.1) is 6.04 Å². The minimum atomic E-state index is -0.356. The molecule has 1 N–H and O–H groups in total. The fourth-order valence-electron chi connectivity index (χ4n) is 3.76. The highest BCUT2D eigenvalue weighted by molar-refractivity contribution is 5.96. The van der Waals surface area contributed by atoms with Crippen molar-refractivity contribution in [3.05, 3.63) is 60.2 Å². The number of benzene rings is 2. The minimum absolute atomic E-state index is 0.0944. The Labute approximate surface area is 167 Å². The van der Waals surface area contributed by atoms with Gasteiger partial charge >= 0.3 is 6.03 Å². The van der Waals surface area contributed by atoms with Gasteiger partial charge in [0.1, 0.15) is 11.6 Å². The molecule has 0 bridgehead atoms. The van der Waals surface area contributed by atoms with Crippen molar-refractivity contribution in [2.24, 2.45) is 0 Å². The third kappa shape index (κ3) is 4.31. The van der Waals surface area contributed by atoms with E-state index in [1.165, 1.54) is 24.3 Å². The van der Waals surface area contributed by atoms with Gasteiger partial charge in [0.15, 0.2) is 0 Å². The van der Waals surface area contributed by atoms with Crippen LogP contribution in [0.1, 0.15) is 6.42 Å². The van der Waals surface area contributed by atoms with Crippen molar-refractivity contribution in [1.29, 1.82) is 0 Å². The largest absolute Gasteiger partial charge is 0.368 e. The molecule has 2 saturated heterocycles. The molecule has 8 heteroatoms. The molecule has 152 valence electrons. The first-order chi connectivity index (χ1) is 14.0. The Morgan fingerprint density at radius 3 is 2.00 bits per heavy atom. The number of nitrogens with one attached hydrogen (secondary N) is 1. The average molecular weight is 400 g/mol. The van der Waals surface area contributed by atoms with Gasteiger partial charge in [0, 0.05) is 50.5 Å². The Morgan fingerprint density at radius 1 is 0.862 bits per heavy atom. The van der Waals surface area contributed by atoms with Crippen LogP contribution in [0.3, 0.4) is 0 Å². The number of nitrogens with zero attached hydrogens (tertiary/aromatic N) is 3. The van der Waals surface area contributed by atoms with Crippen molar-refractivity contribution < 1.29 is 18.4 Å². The van der Waals surface area contributed by atoms with Crippen molar-refractivity contribution >= 4 is 23.3 Å². The van der Waals surface area contributed by atoms with Crippen LogP contribution in [0.5, 0.6) is 0 Å². The van der Waals surface area contributed by atoms with Crippen LogP contribution in [0, 0.1) is 11.6 Å². The molecule has 2 heterocycles. The van der Waals surface area contributed by atoms with Crippen LogP contribution in [-0.2, 0) is 4.79 Å². The molecule has 0 radical (unpaired) electrons. The molecule has 3 amide bonds. The van der Waals surface area contributed by atoms with Crippen molar-refractivity contribution in [1.82, 2.24) is 10.2 Å². The van der Waals surface area contributed by atoms with E-state index in [1.807, 2.05) is 0 Å². The summed E-state index contributed by atoms with van der Waals surface area (Å²) in [4.78, 5) is 30.3. The maximum atomic E-state index is 13.1. The fourth-order valence-corrected chi connectivity index (χ4v) is 3.76. The third-order valence-corrected chi connectivity index (χ3v) is 5.35. The summed E-state index contributed by atoms with van der Waals surface area (Å²) in [6, 6.07) is 11.6. The molecular formula is C21H22F2N4O2. The summed E-state index contributed by atoms with van der Waals surface area (Å²) in [5.41, 5.74) is 1.56. The topological polar surface area (TPSA) is 55.9 Å². The number of hydrogen-bond donors (Lipinski definition) is 1. The SMILES string of the molecule is O=C(N[C@@H]1CC(=O)N(c2ccc(F)cc2)C1)N1CCN(c2ccc(F)cc2)CC1. The number of hydrogen-bond acceptors (Lipinski definition) is 3. The summed E-state index contributed by atoms with van der Waals surface area (Å²) in [5, 5.41) is 2.93. The summed E-state index contributed by atoms with van der Waals surface area (Å²) < 4.78 is 26.2. The molecule has 2 aliphatic heterocycles. The van der Waals surface area contributed by atoms with Crippen molar-refractivity contribution in [2.75, 3.05) is 42.5 Å². The van der Waals surface area contributed by atoms with Gasteiger partial charge in [-0.2, -0.15) is 0 Å². The molecule has 0 saturated carbocycles. The number of halogens is 2. The maximum absolute atomic E-state index is 13.1. The summed E-state index contributed by atoms with van der Waals surface area (Å²) in [7, 11) is 0. The Morgan fingerprint density at radius 2 is 1.41 bits per heavy atom. The Balaban J connectivity index is 1.29. The quantitative estimate of drug-likeness (QED) is 0.862. The van der Waals surface area contributed by atoms with E-state index in [-0.39, 0.29) is 36.0 Å². The maximum Gasteiger partial charge on any atom is 0.317 e. The van der Waals surface area contributed by atoms with Gasteiger partial charge in [0.25, 0.3) is 0 Å². The first kappa shape index (κ1) is 19.2. The standard InChI is InChI=1S/C21H22F2N4O2/c22-15-1-5-18(6-2-15)25-9-11-26(12-10-25)21(29)24-17-13-20(28)27(14-17)19-7-3-16(23)4-8-19/h1-8,17H,9-14H2,(H,24,29)/t17-/m1/s1. The highest BCUT2D eigenvalue weighted by Crippen LogP contribution is 2.22. The number of anilines is 2. The molecule has 2 aromatic rings. The number of piperazine rings is 1. The third-order valence-electron chi connectivity index (χ3n) is 5.35. The number of urea groups is 1. The van der Waals surface area contributed by atoms with Gasteiger partial charge in [0.2, 0.25) is 5.91 Å². The van der Waals surface area contributed by atoms with Gasteiger partial charge < -0.3 is 20.0 Å². The lowest BCUT2D eigenvalue weighted by molar-refractivity contribution is -0.117. The molecule has 0 spiro atoms.